The van der Waals surface area contributed by atoms with Gasteiger partial charge in [0.25, 0.3) is 0 Å². The third-order valence-electron chi connectivity index (χ3n) is 1.64. The largest absolute Gasteiger partial charge is 0.390 e. The van der Waals surface area contributed by atoms with E-state index in [1.807, 2.05) is 0 Å². The summed E-state index contributed by atoms with van der Waals surface area (Å²) in [4.78, 5) is 11.9. The standard InChI is InChI=1S/C8H7ClN4O/c9-6-1-10-8(11-2-6)13-3-7(4-14)12-5-13/h1-3,5,14H,4H2. The molecule has 0 aliphatic rings. The third kappa shape index (κ3) is 1.73. The van der Waals surface area contributed by atoms with E-state index in [0.29, 0.717) is 16.7 Å². The van der Waals surface area contributed by atoms with Crippen molar-refractivity contribution in [2.45, 2.75) is 6.61 Å². The van der Waals surface area contributed by atoms with Crippen molar-refractivity contribution in [3.63, 3.8) is 0 Å². The van der Waals surface area contributed by atoms with Gasteiger partial charge in [-0.1, -0.05) is 11.6 Å². The highest BCUT2D eigenvalue weighted by atomic mass is 35.5. The van der Waals surface area contributed by atoms with Gasteiger partial charge in [-0.15, -0.1) is 0 Å². The van der Waals surface area contributed by atoms with Crippen LogP contribution < -0.4 is 0 Å². The molecule has 72 valence electrons. The molecule has 1 N–H and O–H groups in total. The zero-order chi connectivity index (χ0) is 9.97. The lowest BCUT2D eigenvalue weighted by molar-refractivity contribution is 0.277. The summed E-state index contributed by atoms with van der Waals surface area (Å²) < 4.78 is 1.61. The lowest BCUT2D eigenvalue weighted by atomic mass is 10.5. The van der Waals surface area contributed by atoms with Crippen LogP contribution in [0.2, 0.25) is 5.02 Å². The van der Waals surface area contributed by atoms with Crippen LogP contribution in [0.25, 0.3) is 5.95 Å². The highest BCUT2D eigenvalue weighted by Crippen LogP contribution is 2.06. The summed E-state index contributed by atoms with van der Waals surface area (Å²) in [5, 5.41) is 9.29. The van der Waals surface area contributed by atoms with E-state index in [-0.39, 0.29) is 6.61 Å². The number of imidazole rings is 1. The molecule has 6 heteroatoms. The van der Waals surface area contributed by atoms with E-state index in [9.17, 15) is 0 Å². The quantitative estimate of drug-likeness (QED) is 0.797. The van der Waals surface area contributed by atoms with Crippen LogP contribution in [0.3, 0.4) is 0 Å². The first-order valence-electron chi connectivity index (χ1n) is 3.91. The van der Waals surface area contributed by atoms with Gasteiger partial charge >= 0.3 is 0 Å². The fourth-order valence-corrected chi connectivity index (χ4v) is 1.09. The van der Waals surface area contributed by atoms with Gasteiger partial charge in [0, 0.05) is 6.20 Å². The first kappa shape index (κ1) is 9.11. The predicted octanol–water partition coefficient (Wildman–Crippen LogP) is 0.808. The molecule has 0 aliphatic carbocycles. The van der Waals surface area contributed by atoms with Crippen LogP contribution >= 0.6 is 11.6 Å². The highest BCUT2D eigenvalue weighted by molar-refractivity contribution is 6.30. The molecule has 14 heavy (non-hydrogen) atoms. The molecule has 0 spiro atoms. The molecule has 2 rings (SSSR count). The van der Waals surface area contributed by atoms with Crippen molar-refractivity contribution in [3.8, 4) is 5.95 Å². The Bertz CT molecular complexity index is 425. The Balaban J connectivity index is 2.34. The van der Waals surface area contributed by atoms with E-state index in [4.69, 9.17) is 16.7 Å². The van der Waals surface area contributed by atoms with Gasteiger partial charge in [-0.2, -0.15) is 0 Å². The van der Waals surface area contributed by atoms with Crippen LogP contribution in [-0.4, -0.2) is 24.6 Å². The fraction of sp³-hybridized carbons (Fsp3) is 0.125. The lowest BCUT2D eigenvalue weighted by Crippen LogP contribution is -1.97. The maximum absolute atomic E-state index is 8.80. The van der Waals surface area contributed by atoms with Gasteiger partial charge in [0.2, 0.25) is 5.95 Å². The van der Waals surface area contributed by atoms with E-state index in [1.54, 1.807) is 10.8 Å². The maximum atomic E-state index is 8.80. The van der Waals surface area contributed by atoms with Crippen molar-refractivity contribution >= 4 is 11.6 Å². The van der Waals surface area contributed by atoms with Crippen LogP contribution in [0.4, 0.5) is 0 Å². The third-order valence-corrected chi connectivity index (χ3v) is 1.83. The Kier molecular flexibility index (Phi) is 2.43. The second-order valence-electron chi connectivity index (χ2n) is 2.63. The maximum Gasteiger partial charge on any atom is 0.234 e. The topological polar surface area (TPSA) is 63.8 Å². The average molecular weight is 211 g/mol. The van der Waals surface area contributed by atoms with Crippen LogP contribution in [-0.2, 0) is 6.61 Å². The second-order valence-corrected chi connectivity index (χ2v) is 3.07. The minimum absolute atomic E-state index is 0.0966. The van der Waals surface area contributed by atoms with Crippen molar-refractivity contribution in [2.24, 2.45) is 0 Å². The SMILES string of the molecule is OCc1cn(-c2ncc(Cl)cn2)cn1. The minimum Gasteiger partial charge on any atom is -0.390 e. The van der Waals surface area contributed by atoms with Gasteiger partial charge in [0.05, 0.1) is 29.7 Å². The van der Waals surface area contributed by atoms with Gasteiger partial charge in [-0.3, -0.25) is 4.57 Å². The second kappa shape index (κ2) is 3.73. The molecular weight excluding hydrogens is 204 g/mol. The molecule has 2 heterocycles. The minimum atomic E-state index is -0.0966. The van der Waals surface area contributed by atoms with E-state index in [0.717, 1.165) is 0 Å². The summed E-state index contributed by atoms with van der Waals surface area (Å²) >= 11 is 5.64. The zero-order valence-electron chi connectivity index (χ0n) is 7.13. The number of aliphatic hydroxyl groups is 1. The van der Waals surface area contributed by atoms with Crippen molar-refractivity contribution in [2.75, 3.05) is 0 Å². The zero-order valence-corrected chi connectivity index (χ0v) is 7.89. The van der Waals surface area contributed by atoms with Crippen LogP contribution in [0.1, 0.15) is 5.69 Å². The van der Waals surface area contributed by atoms with Crippen molar-refractivity contribution in [1.29, 1.82) is 0 Å². The Morgan fingerprint density at radius 2 is 2.00 bits per heavy atom. The molecule has 0 aliphatic heterocycles. The predicted molar refractivity (Wildman–Crippen MR) is 50.1 cm³/mol. The molecule has 0 atom stereocenters. The fourth-order valence-electron chi connectivity index (χ4n) is 0.993. The van der Waals surface area contributed by atoms with Gasteiger partial charge < -0.3 is 5.11 Å². The normalized spacial score (nSPS) is 10.4. The van der Waals surface area contributed by atoms with E-state index in [2.05, 4.69) is 15.0 Å². The smallest absolute Gasteiger partial charge is 0.234 e. The molecule has 2 aromatic heterocycles. The van der Waals surface area contributed by atoms with Crippen LogP contribution in [0, 0.1) is 0 Å². The molecular formula is C8H7ClN4O. The van der Waals surface area contributed by atoms with E-state index < -0.39 is 0 Å². The summed E-state index contributed by atoms with van der Waals surface area (Å²) in [5.41, 5.74) is 0.573. The molecule has 5 nitrogen and oxygen atoms in total. The van der Waals surface area contributed by atoms with Gasteiger partial charge in [0.1, 0.15) is 6.33 Å². The first-order chi connectivity index (χ1) is 6.79. The Morgan fingerprint density at radius 1 is 1.29 bits per heavy atom. The monoisotopic (exact) mass is 210 g/mol. The summed E-state index contributed by atoms with van der Waals surface area (Å²) in [6.07, 6.45) is 6.20. The van der Waals surface area contributed by atoms with Crippen molar-refractivity contribution in [1.82, 2.24) is 19.5 Å². The molecule has 0 saturated carbocycles. The summed E-state index contributed by atoms with van der Waals surface area (Å²) in [6, 6.07) is 0. The number of halogens is 1. The summed E-state index contributed by atoms with van der Waals surface area (Å²) in [7, 11) is 0. The van der Waals surface area contributed by atoms with Gasteiger partial charge in [-0.25, -0.2) is 15.0 Å². The van der Waals surface area contributed by atoms with E-state index >= 15 is 0 Å². The molecule has 0 unspecified atom stereocenters. The van der Waals surface area contributed by atoms with Crippen molar-refractivity contribution in [3.05, 3.63) is 35.6 Å². The molecule has 0 saturated heterocycles. The average Bonchev–Trinajstić information content (AvgIpc) is 2.67. The van der Waals surface area contributed by atoms with E-state index in [1.165, 1.54) is 18.7 Å². The number of hydrogen-bond donors (Lipinski definition) is 1. The Hall–Kier alpha value is -1.46. The van der Waals surface area contributed by atoms with Crippen LogP contribution in [0.15, 0.2) is 24.9 Å². The summed E-state index contributed by atoms with van der Waals surface area (Å²) in [6.45, 7) is -0.0966. The molecule has 2 aromatic rings. The van der Waals surface area contributed by atoms with Crippen LogP contribution in [0.5, 0.6) is 0 Å². The number of rotatable bonds is 2. The molecule has 0 fully saturated rings. The Labute approximate surface area is 85.0 Å². The number of aromatic nitrogens is 4. The first-order valence-corrected chi connectivity index (χ1v) is 4.29. The summed E-state index contributed by atoms with van der Waals surface area (Å²) in [5.74, 6) is 0.474. The lowest BCUT2D eigenvalue weighted by Gasteiger charge is -1.97. The Morgan fingerprint density at radius 3 is 2.57 bits per heavy atom. The number of aliphatic hydroxyl groups excluding tert-OH is 1. The number of hydrogen-bond acceptors (Lipinski definition) is 4. The van der Waals surface area contributed by atoms with Crippen molar-refractivity contribution < 1.29 is 5.11 Å². The van der Waals surface area contributed by atoms with Gasteiger partial charge in [-0.05, 0) is 0 Å². The van der Waals surface area contributed by atoms with Gasteiger partial charge in [0.15, 0.2) is 0 Å². The molecule has 0 amide bonds. The molecule has 0 radical (unpaired) electrons. The molecule has 0 bridgehead atoms. The highest BCUT2D eigenvalue weighted by Gasteiger charge is 2.01. The molecule has 0 aromatic carbocycles. The number of nitrogens with zero attached hydrogens (tertiary/aromatic N) is 4.